The highest BCUT2D eigenvalue weighted by Gasteiger charge is 2.26. The number of hydrogen-bond acceptors (Lipinski definition) is 3. The van der Waals surface area contributed by atoms with Gasteiger partial charge in [-0.2, -0.15) is 5.10 Å². The van der Waals surface area contributed by atoms with E-state index in [1.807, 2.05) is 23.3 Å². The Hall–Kier alpha value is -1.42. The molecule has 2 aromatic rings. The SMILES string of the molecule is OCCn1ncc2c(C3CC3)cncc21. The van der Waals surface area contributed by atoms with Gasteiger partial charge in [-0.25, -0.2) is 0 Å². The Kier molecular flexibility index (Phi) is 1.95. The fourth-order valence-corrected chi connectivity index (χ4v) is 2.00. The summed E-state index contributed by atoms with van der Waals surface area (Å²) in [5, 5.41) is 14.4. The van der Waals surface area contributed by atoms with Crippen molar-refractivity contribution >= 4 is 10.9 Å². The molecule has 0 saturated heterocycles. The Morgan fingerprint density at radius 2 is 2.20 bits per heavy atom. The predicted molar refractivity (Wildman–Crippen MR) is 56.6 cm³/mol. The van der Waals surface area contributed by atoms with Crippen molar-refractivity contribution in [1.29, 1.82) is 0 Å². The van der Waals surface area contributed by atoms with Gasteiger partial charge in [-0.1, -0.05) is 0 Å². The molecule has 0 aromatic carbocycles. The van der Waals surface area contributed by atoms with E-state index in [1.54, 1.807) is 0 Å². The van der Waals surface area contributed by atoms with Crippen molar-refractivity contribution in [3.63, 3.8) is 0 Å². The summed E-state index contributed by atoms with van der Waals surface area (Å²) in [5.41, 5.74) is 2.35. The molecule has 15 heavy (non-hydrogen) atoms. The lowest BCUT2D eigenvalue weighted by atomic mass is 10.1. The zero-order chi connectivity index (χ0) is 10.3. The van der Waals surface area contributed by atoms with Crippen LogP contribution in [0.3, 0.4) is 0 Å². The zero-order valence-corrected chi connectivity index (χ0v) is 8.43. The second-order valence-electron chi connectivity index (χ2n) is 4.03. The molecule has 1 aliphatic carbocycles. The number of hydrogen-bond donors (Lipinski definition) is 1. The van der Waals surface area contributed by atoms with Gasteiger partial charge in [0.25, 0.3) is 0 Å². The number of aliphatic hydroxyl groups is 1. The first-order chi connectivity index (χ1) is 7.40. The van der Waals surface area contributed by atoms with Crippen molar-refractivity contribution in [3.8, 4) is 0 Å². The Bertz CT molecular complexity index is 488. The molecule has 3 rings (SSSR count). The molecule has 1 fully saturated rings. The lowest BCUT2D eigenvalue weighted by Crippen LogP contribution is -2.03. The van der Waals surface area contributed by atoms with E-state index in [-0.39, 0.29) is 6.61 Å². The summed E-state index contributed by atoms with van der Waals surface area (Å²) in [6, 6.07) is 0. The molecule has 1 N–H and O–H groups in total. The largest absolute Gasteiger partial charge is 0.394 e. The molecule has 0 spiro atoms. The number of rotatable bonds is 3. The van der Waals surface area contributed by atoms with Gasteiger partial charge in [-0.3, -0.25) is 9.67 Å². The van der Waals surface area contributed by atoms with E-state index >= 15 is 0 Å². The standard InChI is InChI=1S/C11H13N3O/c15-4-3-14-11-7-12-5-9(8-1-2-8)10(11)6-13-14/h5-8,15H,1-4H2. The molecule has 0 atom stereocenters. The fourth-order valence-electron chi connectivity index (χ4n) is 2.00. The van der Waals surface area contributed by atoms with Crippen molar-refractivity contribution in [2.45, 2.75) is 25.3 Å². The van der Waals surface area contributed by atoms with E-state index in [2.05, 4.69) is 10.1 Å². The van der Waals surface area contributed by atoms with Crippen LogP contribution >= 0.6 is 0 Å². The molecule has 1 aliphatic rings. The summed E-state index contributed by atoms with van der Waals surface area (Å²) < 4.78 is 1.81. The second kappa shape index (κ2) is 3.31. The van der Waals surface area contributed by atoms with Crippen molar-refractivity contribution in [2.75, 3.05) is 6.61 Å². The fraction of sp³-hybridized carbons (Fsp3) is 0.455. The first-order valence-electron chi connectivity index (χ1n) is 5.30. The zero-order valence-electron chi connectivity index (χ0n) is 8.43. The summed E-state index contributed by atoms with van der Waals surface area (Å²) in [7, 11) is 0. The van der Waals surface area contributed by atoms with Crippen molar-refractivity contribution in [2.24, 2.45) is 0 Å². The van der Waals surface area contributed by atoms with E-state index in [0.29, 0.717) is 12.5 Å². The third kappa shape index (κ3) is 1.41. The van der Waals surface area contributed by atoms with Crippen LogP contribution in [0.25, 0.3) is 10.9 Å². The topological polar surface area (TPSA) is 50.9 Å². The van der Waals surface area contributed by atoms with Crippen LogP contribution in [-0.2, 0) is 6.54 Å². The maximum Gasteiger partial charge on any atom is 0.0869 e. The molecule has 4 nitrogen and oxygen atoms in total. The smallest absolute Gasteiger partial charge is 0.0869 e. The van der Waals surface area contributed by atoms with Crippen molar-refractivity contribution in [1.82, 2.24) is 14.8 Å². The normalized spacial score (nSPS) is 16.1. The highest BCUT2D eigenvalue weighted by atomic mass is 16.3. The Morgan fingerprint density at radius 3 is 2.93 bits per heavy atom. The van der Waals surface area contributed by atoms with Gasteiger partial charge >= 0.3 is 0 Å². The molecular formula is C11H13N3O. The van der Waals surface area contributed by atoms with Crippen molar-refractivity contribution in [3.05, 3.63) is 24.2 Å². The van der Waals surface area contributed by atoms with E-state index in [9.17, 15) is 0 Å². The van der Waals surface area contributed by atoms with Crippen LogP contribution in [-0.4, -0.2) is 26.5 Å². The Morgan fingerprint density at radius 1 is 1.33 bits per heavy atom. The molecule has 0 aliphatic heterocycles. The van der Waals surface area contributed by atoms with Gasteiger partial charge in [-0.15, -0.1) is 0 Å². The quantitative estimate of drug-likeness (QED) is 0.818. The molecule has 0 unspecified atom stereocenters. The maximum absolute atomic E-state index is 8.91. The van der Waals surface area contributed by atoms with E-state index in [0.717, 1.165) is 5.52 Å². The third-order valence-corrected chi connectivity index (χ3v) is 2.93. The summed E-state index contributed by atoms with van der Waals surface area (Å²) in [6.45, 7) is 0.656. The van der Waals surface area contributed by atoms with Crippen LogP contribution in [0.5, 0.6) is 0 Å². The first kappa shape index (κ1) is 8.85. The first-order valence-corrected chi connectivity index (χ1v) is 5.30. The summed E-state index contributed by atoms with van der Waals surface area (Å²) in [4.78, 5) is 4.25. The highest BCUT2D eigenvalue weighted by Crippen LogP contribution is 2.42. The minimum atomic E-state index is 0.116. The maximum atomic E-state index is 8.91. The van der Waals surface area contributed by atoms with E-state index in [1.165, 1.54) is 23.8 Å². The van der Waals surface area contributed by atoms with Gasteiger partial charge in [0.2, 0.25) is 0 Å². The minimum Gasteiger partial charge on any atom is -0.394 e. The lowest BCUT2D eigenvalue weighted by Gasteiger charge is -2.02. The molecule has 0 bridgehead atoms. The number of nitrogens with zero attached hydrogens (tertiary/aromatic N) is 3. The predicted octanol–water partition coefficient (Wildman–Crippen LogP) is 1.30. The van der Waals surface area contributed by atoms with Gasteiger partial charge in [0.05, 0.1) is 31.1 Å². The summed E-state index contributed by atoms with van der Waals surface area (Å²) in [5.74, 6) is 0.688. The highest BCUT2D eigenvalue weighted by molar-refractivity contribution is 5.82. The number of aromatic nitrogens is 3. The van der Waals surface area contributed by atoms with Crippen LogP contribution < -0.4 is 0 Å². The Balaban J connectivity index is 2.14. The molecule has 0 amide bonds. The van der Waals surface area contributed by atoms with Gasteiger partial charge < -0.3 is 5.11 Å². The van der Waals surface area contributed by atoms with Gasteiger partial charge in [-0.05, 0) is 24.3 Å². The summed E-state index contributed by atoms with van der Waals surface area (Å²) >= 11 is 0. The third-order valence-electron chi connectivity index (χ3n) is 2.93. The minimum absolute atomic E-state index is 0.116. The van der Waals surface area contributed by atoms with E-state index in [4.69, 9.17) is 5.11 Å². The average molecular weight is 203 g/mol. The van der Waals surface area contributed by atoms with Gasteiger partial charge in [0.15, 0.2) is 0 Å². The summed E-state index contributed by atoms with van der Waals surface area (Å²) in [6.07, 6.45) is 8.20. The van der Waals surface area contributed by atoms with Crippen LogP contribution in [0, 0.1) is 0 Å². The number of pyridine rings is 1. The molecule has 1 saturated carbocycles. The molecule has 2 aromatic heterocycles. The number of aliphatic hydroxyl groups excluding tert-OH is 1. The lowest BCUT2D eigenvalue weighted by molar-refractivity contribution is 0.271. The second-order valence-corrected chi connectivity index (χ2v) is 4.03. The molecule has 78 valence electrons. The van der Waals surface area contributed by atoms with Crippen LogP contribution in [0.4, 0.5) is 0 Å². The van der Waals surface area contributed by atoms with Crippen LogP contribution in [0.15, 0.2) is 18.6 Å². The van der Waals surface area contributed by atoms with E-state index < -0.39 is 0 Å². The van der Waals surface area contributed by atoms with Gasteiger partial charge in [0, 0.05) is 11.6 Å². The molecular weight excluding hydrogens is 190 g/mol. The van der Waals surface area contributed by atoms with Crippen molar-refractivity contribution < 1.29 is 5.11 Å². The monoisotopic (exact) mass is 203 g/mol. The number of fused-ring (bicyclic) bond motifs is 1. The molecule has 2 heterocycles. The van der Waals surface area contributed by atoms with Crippen LogP contribution in [0.2, 0.25) is 0 Å². The molecule has 4 heteroatoms. The average Bonchev–Trinajstić information content (AvgIpc) is 3.02. The van der Waals surface area contributed by atoms with Crippen LogP contribution in [0.1, 0.15) is 24.3 Å². The Labute approximate surface area is 87.6 Å². The van der Waals surface area contributed by atoms with Gasteiger partial charge in [0.1, 0.15) is 0 Å². The molecule has 0 radical (unpaired) electrons.